The Kier molecular flexibility index (Phi) is 1.65. The molecule has 66 valence electrons. The van der Waals surface area contributed by atoms with E-state index < -0.39 is 5.92 Å². The van der Waals surface area contributed by atoms with E-state index in [0.29, 0.717) is 6.29 Å². The summed E-state index contributed by atoms with van der Waals surface area (Å²) >= 11 is 0. The molecule has 0 bridgehead atoms. The molecule has 1 aliphatic rings. The lowest BCUT2D eigenvalue weighted by Crippen LogP contribution is -2.12. The lowest BCUT2D eigenvalue weighted by Gasteiger charge is -2.03. The van der Waals surface area contributed by atoms with Crippen molar-refractivity contribution in [2.75, 3.05) is 5.32 Å². The van der Waals surface area contributed by atoms with Gasteiger partial charge in [0.1, 0.15) is 12.2 Å². The molecule has 13 heavy (non-hydrogen) atoms. The van der Waals surface area contributed by atoms with Gasteiger partial charge in [-0.3, -0.25) is 4.79 Å². The van der Waals surface area contributed by atoms with E-state index >= 15 is 0 Å². The number of benzene rings is 1. The topological polar surface area (TPSA) is 46.2 Å². The summed E-state index contributed by atoms with van der Waals surface area (Å²) in [6.45, 7) is 1.90. The molecule has 0 aromatic heterocycles. The van der Waals surface area contributed by atoms with E-state index in [-0.39, 0.29) is 5.91 Å². The van der Waals surface area contributed by atoms with Gasteiger partial charge in [-0.2, -0.15) is 0 Å². The predicted octanol–water partition coefficient (Wildman–Crippen LogP) is 1.23. The van der Waals surface area contributed by atoms with Gasteiger partial charge in [-0.05, 0) is 24.1 Å². The first kappa shape index (κ1) is 7.98. The molecule has 0 saturated carbocycles. The highest BCUT2D eigenvalue weighted by Crippen LogP contribution is 2.33. The second-order valence-corrected chi connectivity index (χ2v) is 3.14. The first-order chi connectivity index (χ1) is 6.24. The van der Waals surface area contributed by atoms with Crippen LogP contribution in [0.1, 0.15) is 17.0 Å². The smallest absolute Gasteiger partial charge is 0.239 e. The monoisotopic (exact) mass is 175 g/mol. The van der Waals surface area contributed by atoms with Crippen LogP contribution in [0.25, 0.3) is 0 Å². The van der Waals surface area contributed by atoms with Crippen molar-refractivity contribution in [1.82, 2.24) is 0 Å². The summed E-state index contributed by atoms with van der Waals surface area (Å²) < 4.78 is 0. The molecule has 1 aromatic rings. The maximum absolute atomic E-state index is 11.3. The average molecular weight is 175 g/mol. The zero-order valence-electron chi connectivity index (χ0n) is 7.20. The average Bonchev–Trinajstić information content (AvgIpc) is 2.42. The molecule has 1 atom stereocenters. The molecular formula is C10H9NO2. The number of rotatable bonds is 1. The summed E-state index contributed by atoms with van der Waals surface area (Å²) in [6.07, 6.45) is 0.689. The van der Waals surface area contributed by atoms with Crippen molar-refractivity contribution in [2.45, 2.75) is 12.8 Å². The van der Waals surface area contributed by atoms with Gasteiger partial charge in [0, 0.05) is 5.69 Å². The maximum Gasteiger partial charge on any atom is 0.239 e. The Morgan fingerprint density at radius 3 is 2.92 bits per heavy atom. The van der Waals surface area contributed by atoms with Crippen LogP contribution in [-0.2, 0) is 9.59 Å². The van der Waals surface area contributed by atoms with E-state index in [1.54, 1.807) is 0 Å². The Balaban J connectivity index is 2.62. The van der Waals surface area contributed by atoms with Gasteiger partial charge >= 0.3 is 0 Å². The highest BCUT2D eigenvalue weighted by atomic mass is 16.2. The fourth-order valence-corrected chi connectivity index (χ4v) is 1.67. The molecule has 1 amide bonds. The third-order valence-electron chi connectivity index (χ3n) is 2.31. The Morgan fingerprint density at radius 2 is 2.23 bits per heavy atom. The Morgan fingerprint density at radius 1 is 1.46 bits per heavy atom. The molecule has 1 N–H and O–H groups in total. The van der Waals surface area contributed by atoms with Gasteiger partial charge < -0.3 is 10.1 Å². The number of fused-ring (bicyclic) bond motifs is 1. The van der Waals surface area contributed by atoms with Crippen LogP contribution in [0.15, 0.2) is 18.2 Å². The van der Waals surface area contributed by atoms with E-state index in [9.17, 15) is 9.59 Å². The Hall–Kier alpha value is -1.64. The summed E-state index contributed by atoms with van der Waals surface area (Å²) in [5.41, 5.74) is 2.57. The van der Waals surface area contributed by atoms with Crippen molar-refractivity contribution >= 4 is 17.9 Å². The first-order valence-corrected chi connectivity index (χ1v) is 4.09. The maximum atomic E-state index is 11.3. The van der Waals surface area contributed by atoms with Crippen LogP contribution >= 0.6 is 0 Å². The number of aldehydes is 1. The van der Waals surface area contributed by atoms with Gasteiger partial charge in [0.25, 0.3) is 0 Å². The third kappa shape index (κ3) is 1.04. The number of amides is 1. The summed E-state index contributed by atoms with van der Waals surface area (Å²) in [4.78, 5) is 21.9. The molecule has 0 radical (unpaired) electrons. The minimum Gasteiger partial charge on any atom is -0.325 e. The normalized spacial score (nSPS) is 19.5. The second-order valence-electron chi connectivity index (χ2n) is 3.14. The fraction of sp³-hybridized carbons (Fsp3) is 0.200. The Bertz CT molecular complexity index is 385. The van der Waals surface area contributed by atoms with Crippen LogP contribution in [-0.4, -0.2) is 12.2 Å². The van der Waals surface area contributed by atoms with Gasteiger partial charge in [0.05, 0.1) is 0 Å². The summed E-state index contributed by atoms with van der Waals surface area (Å²) in [5, 5.41) is 2.67. The Labute approximate surface area is 75.8 Å². The number of hydrogen-bond acceptors (Lipinski definition) is 2. The van der Waals surface area contributed by atoms with Crippen molar-refractivity contribution in [3.8, 4) is 0 Å². The second kappa shape index (κ2) is 2.69. The van der Waals surface area contributed by atoms with Crippen molar-refractivity contribution in [3.05, 3.63) is 29.3 Å². The van der Waals surface area contributed by atoms with Crippen LogP contribution in [0.4, 0.5) is 5.69 Å². The lowest BCUT2D eigenvalue weighted by molar-refractivity contribution is -0.121. The molecule has 1 unspecified atom stereocenters. The van der Waals surface area contributed by atoms with E-state index in [1.807, 2.05) is 25.1 Å². The highest BCUT2D eigenvalue weighted by Gasteiger charge is 2.30. The minimum absolute atomic E-state index is 0.223. The highest BCUT2D eigenvalue weighted by molar-refractivity contribution is 6.11. The van der Waals surface area contributed by atoms with Crippen LogP contribution in [0.2, 0.25) is 0 Å². The van der Waals surface area contributed by atoms with Gasteiger partial charge in [0.2, 0.25) is 5.91 Å². The largest absolute Gasteiger partial charge is 0.325 e. The van der Waals surface area contributed by atoms with E-state index in [0.717, 1.165) is 16.8 Å². The van der Waals surface area contributed by atoms with E-state index in [4.69, 9.17) is 0 Å². The standard InChI is InChI=1S/C10H9NO2/c1-6-3-2-4-8-9(6)7(5-12)10(13)11-8/h2-5,7H,1H3,(H,11,13). The van der Waals surface area contributed by atoms with Crippen LogP contribution in [0.3, 0.4) is 0 Å². The van der Waals surface area contributed by atoms with Gasteiger partial charge in [-0.1, -0.05) is 12.1 Å². The molecule has 0 spiro atoms. The summed E-state index contributed by atoms with van der Waals surface area (Å²) in [7, 11) is 0. The SMILES string of the molecule is Cc1cccc2c1C(C=O)C(=O)N2. The van der Waals surface area contributed by atoms with Crippen molar-refractivity contribution in [3.63, 3.8) is 0 Å². The van der Waals surface area contributed by atoms with Crippen molar-refractivity contribution in [2.24, 2.45) is 0 Å². The molecule has 1 aliphatic heterocycles. The van der Waals surface area contributed by atoms with Crippen LogP contribution < -0.4 is 5.32 Å². The quantitative estimate of drug-likeness (QED) is 0.515. The summed E-state index contributed by atoms with van der Waals surface area (Å²) in [5.74, 6) is -0.838. The third-order valence-corrected chi connectivity index (χ3v) is 2.31. The number of aryl methyl sites for hydroxylation is 1. The minimum atomic E-state index is -0.615. The number of anilines is 1. The molecule has 1 heterocycles. The molecule has 3 nitrogen and oxygen atoms in total. The van der Waals surface area contributed by atoms with Crippen LogP contribution in [0.5, 0.6) is 0 Å². The first-order valence-electron chi connectivity index (χ1n) is 4.09. The fourth-order valence-electron chi connectivity index (χ4n) is 1.67. The van der Waals surface area contributed by atoms with E-state index in [1.165, 1.54) is 0 Å². The van der Waals surface area contributed by atoms with Gasteiger partial charge in [-0.15, -0.1) is 0 Å². The lowest BCUT2D eigenvalue weighted by atomic mass is 9.97. The van der Waals surface area contributed by atoms with Gasteiger partial charge in [0.15, 0.2) is 0 Å². The molecule has 0 aliphatic carbocycles. The molecule has 0 saturated heterocycles. The molecule has 1 aromatic carbocycles. The van der Waals surface area contributed by atoms with E-state index in [2.05, 4.69) is 5.32 Å². The number of nitrogens with one attached hydrogen (secondary N) is 1. The van der Waals surface area contributed by atoms with Crippen LogP contribution in [0, 0.1) is 6.92 Å². The number of hydrogen-bond donors (Lipinski definition) is 1. The zero-order valence-corrected chi connectivity index (χ0v) is 7.20. The summed E-state index contributed by atoms with van der Waals surface area (Å²) in [6, 6.07) is 5.57. The number of carbonyl (C=O) groups excluding carboxylic acids is 2. The molecule has 2 rings (SSSR count). The number of carbonyl (C=O) groups is 2. The molecular weight excluding hydrogens is 166 g/mol. The zero-order chi connectivity index (χ0) is 9.42. The van der Waals surface area contributed by atoms with Gasteiger partial charge in [-0.25, -0.2) is 0 Å². The molecule has 0 fully saturated rings. The van der Waals surface area contributed by atoms with Crippen molar-refractivity contribution < 1.29 is 9.59 Å². The predicted molar refractivity (Wildman–Crippen MR) is 48.6 cm³/mol. The molecule has 3 heteroatoms. The van der Waals surface area contributed by atoms with Crippen molar-refractivity contribution in [1.29, 1.82) is 0 Å².